The summed E-state index contributed by atoms with van der Waals surface area (Å²) in [6.45, 7) is 2.03. The summed E-state index contributed by atoms with van der Waals surface area (Å²) in [6, 6.07) is 11.4. The molecule has 0 aliphatic carbocycles. The molecule has 2 aromatic heterocycles. The summed E-state index contributed by atoms with van der Waals surface area (Å²) in [5, 5.41) is 4.79. The largest absolute Gasteiger partial charge is 0.338 e. The van der Waals surface area contributed by atoms with Crippen molar-refractivity contribution < 1.29 is 4.52 Å². The molecule has 21 heavy (non-hydrogen) atoms. The zero-order valence-corrected chi connectivity index (χ0v) is 12.8. The van der Waals surface area contributed by atoms with Gasteiger partial charge in [0.25, 0.3) is 0 Å². The van der Waals surface area contributed by atoms with Crippen molar-refractivity contribution in [1.29, 1.82) is 0 Å². The second kappa shape index (κ2) is 6.28. The lowest BCUT2D eigenvalue weighted by Crippen LogP contribution is -1.89. The molecule has 0 bridgehead atoms. The third kappa shape index (κ3) is 3.43. The second-order valence-corrected chi connectivity index (χ2v) is 6.26. The molecule has 2 heterocycles. The normalized spacial score (nSPS) is 12.3. The van der Waals surface area contributed by atoms with Crippen LogP contribution in [-0.4, -0.2) is 15.1 Å². The van der Waals surface area contributed by atoms with Crippen LogP contribution in [0.1, 0.15) is 18.1 Å². The van der Waals surface area contributed by atoms with Gasteiger partial charge in [-0.15, -0.1) is 11.8 Å². The van der Waals surface area contributed by atoms with E-state index in [9.17, 15) is 0 Å². The number of aromatic nitrogens is 3. The van der Waals surface area contributed by atoms with Crippen molar-refractivity contribution in [2.24, 2.45) is 0 Å². The fourth-order valence-electron chi connectivity index (χ4n) is 1.78. The zero-order valence-electron chi connectivity index (χ0n) is 11.2. The molecule has 0 unspecified atom stereocenters. The van der Waals surface area contributed by atoms with Crippen LogP contribution in [0.5, 0.6) is 0 Å². The summed E-state index contributed by atoms with van der Waals surface area (Å²) < 4.78 is 5.34. The molecule has 106 valence electrons. The molecule has 0 fully saturated rings. The standard InChI is InChI=1S/C15H12ClN3OS/c1-10(21-13-6-4-12(16)5-7-13)15-18-14(19-20-15)11-3-2-8-17-9-11/h2-10H,1H3/t10-/m1/s1. The molecule has 0 saturated heterocycles. The van der Waals surface area contributed by atoms with Crippen molar-refractivity contribution in [3.63, 3.8) is 0 Å². The summed E-state index contributed by atoms with van der Waals surface area (Å²) in [4.78, 5) is 9.59. The van der Waals surface area contributed by atoms with Gasteiger partial charge >= 0.3 is 0 Å². The maximum absolute atomic E-state index is 5.88. The summed E-state index contributed by atoms with van der Waals surface area (Å²) in [7, 11) is 0. The number of thioether (sulfide) groups is 1. The van der Waals surface area contributed by atoms with E-state index in [1.165, 1.54) is 0 Å². The molecule has 1 atom stereocenters. The SMILES string of the molecule is C[C@@H](Sc1ccc(Cl)cc1)c1nc(-c2cccnc2)no1. The van der Waals surface area contributed by atoms with E-state index in [1.54, 1.807) is 24.2 Å². The minimum Gasteiger partial charge on any atom is -0.338 e. The van der Waals surface area contributed by atoms with Gasteiger partial charge in [0.1, 0.15) is 0 Å². The number of hydrogen-bond donors (Lipinski definition) is 0. The molecule has 0 saturated carbocycles. The van der Waals surface area contributed by atoms with E-state index in [4.69, 9.17) is 16.1 Å². The molecule has 0 amide bonds. The van der Waals surface area contributed by atoms with Gasteiger partial charge in [0.05, 0.1) is 5.25 Å². The number of rotatable bonds is 4. The third-order valence-electron chi connectivity index (χ3n) is 2.84. The van der Waals surface area contributed by atoms with E-state index in [0.29, 0.717) is 11.7 Å². The molecule has 0 aliphatic rings. The molecular formula is C15H12ClN3OS. The Bertz CT molecular complexity index is 715. The first-order valence-electron chi connectivity index (χ1n) is 6.38. The van der Waals surface area contributed by atoms with E-state index in [0.717, 1.165) is 15.5 Å². The molecule has 3 rings (SSSR count). The van der Waals surface area contributed by atoms with Crippen molar-refractivity contribution in [2.45, 2.75) is 17.1 Å². The van der Waals surface area contributed by atoms with Crippen molar-refractivity contribution in [3.05, 3.63) is 59.7 Å². The van der Waals surface area contributed by atoms with Crippen molar-refractivity contribution in [2.75, 3.05) is 0 Å². The van der Waals surface area contributed by atoms with Gasteiger partial charge in [0.2, 0.25) is 11.7 Å². The third-order valence-corrected chi connectivity index (χ3v) is 4.19. The highest BCUT2D eigenvalue weighted by molar-refractivity contribution is 7.99. The molecule has 4 nitrogen and oxygen atoms in total. The minimum atomic E-state index is 0.0593. The first-order chi connectivity index (χ1) is 10.2. The fraction of sp³-hybridized carbons (Fsp3) is 0.133. The molecule has 0 aliphatic heterocycles. The predicted molar refractivity (Wildman–Crippen MR) is 83.3 cm³/mol. The Hall–Kier alpha value is -1.85. The second-order valence-electron chi connectivity index (χ2n) is 4.41. The monoisotopic (exact) mass is 317 g/mol. The van der Waals surface area contributed by atoms with Gasteiger partial charge in [-0.2, -0.15) is 4.98 Å². The van der Waals surface area contributed by atoms with Gasteiger partial charge in [0.15, 0.2) is 0 Å². The van der Waals surface area contributed by atoms with Crippen LogP contribution in [0.15, 0.2) is 58.2 Å². The Morgan fingerprint density at radius 1 is 1.19 bits per heavy atom. The van der Waals surface area contributed by atoms with E-state index in [1.807, 2.05) is 43.3 Å². The zero-order chi connectivity index (χ0) is 14.7. The highest BCUT2D eigenvalue weighted by Gasteiger charge is 2.16. The van der Waals surface area contributed by atoms with Crippen LogP contribution in [0.2, 0.25) is 5.02 Å². The number of pyridine rings is 1. The van der Waals surface area contributed by atoms with Crippen LogP contribution in [0.4, 0.5) is 0 Å². The van der Waals surface area contributed by atoms with Crippen molar-refractivity contribution in [1.82, 2.24) is 15.1 Å². The highest BCUT2D eigenvalue weighted by Crippen LogP contribution is 2.34. The maximum Gasteiger partial charge on any atom is 0.240 e. The lowest BCUT2D eigenvalue weighted by atomic mass is 10.3. The Labute approximate surface area is 131 Å². The van der Waals surface area contributed by atoms with Crippen molar-refractivity contribution >= 4 is 23.4 Å². The number of halogens is 1. The lowest BCUT2D eigenvalue weighted by molar-refractivity contribution is 0.381. The number of nitrogens with zero attached hydrogens (tertiary/aromatic N) is 3. The van der Waals surface area contributed by atoms with Crippen LogP contribution in [0, 0.1) is 0 Å². The molecule has 0 N–H and O–H groups in total. The van der Waals surface area contributed by atoms with Gasteiger partial charge < -0.3 is 4.52 Å². The lowest BCUT2D eigenvalue weighted by Gasteiger charge is -2.05. The topological polar surface area (TPSA) is 51.8 Å². The van der Waals surface area contributed by atoms with E-state index >= 15 is 0 Å². The van der Waals surface area contributed by atoms with Crippen LogP contribution >= 0.6 is 23.4 Å². The number of benzene rings is 1. The Morgan fingerprint density at radius 3 is 2.71 bits per heavy atom. The maximum atomic E-state index is 5.88. The molecule has 0 spiro atoms. The van der Waals surface area contributed by atoms with E-state index in [2.05, 4.69) is 15.1 Å². The Morgan fingerprint density at radius 2 is 2.00 bits per heavy atom. The molecule has 3 aromatic rings. The molecule has 0 radical (unpaired) electrons. The van der Waals surface area contributed by atoms with Gasteiger partial charge in [-0.05, 0) is 43.3 Å². The fourth-order valence-corrected chi connectivity index (χ4v) is 2.80. The Kier molecular flexibility index (Phi) is 4.22. The molecular weight excluding hydrogens is 306 g/mol. The summed E-state index contributed by atoms with van der Waals surface area (Å²) >= 11 is 7.52. The molecule has 6 heteroatoms. The summed E-state index contributed by atoms with van der Waals surface area (Å²) in [6.07, 6.45) is 3.43. The van der Waals surface area contributed by atoms with Crippen LogP contribution in [0.3, 0.4) is 0 Å². The van der Waals surface area contributed by atoms with E-state index in [-0.39, 0.29) is 5.25 Å². The average Bonchev–Trinajstić information content (AvgIpc) is 3.00. The smallest absolute Gasteiger partial charge is 0.240 e. The summed E-state index contributed by atoms with van der Waals surface area (Å²) in [5.74, 6) is 1.15. The average molecular weight is 318 g/mol. The Balaban J connectivity index is 1.75. The minimum absolute atomic E-state index is 0.0593. The van der Waals surface area contributed by atoms with Crippen LogP contribution in [-0.2, 0) is 0 Å². The quantitative estimate of drug-likeness (QED) is 0.656. The van der Waals surface area contributed by atoms with Gasteiger partial charge in [-0.25, -0.2) is 0 Å². The summed E-state index contributed by atoms with van der Waals surface area (Å²) in [5.41, 5.74) is 0.844. The first-order valence-corrected chi connectivity index (χ1v) is 7.64. The van der Waals surface area contributed by atoms with Gasteiger partial charge in [-0.3, -0.25) is 4.98 Å². The highest BCUT2D eigenvalue weighted by atomic mass is 35.5. The van der Waals surface area contributed by atoms with E-state index < -0.39 is 0 Å². The van der Waals surface area contributed by atoms with Gasteiger partial charge in [-0.1, -0.05) is 16.8 Å². The van der Waals surface area contributed by atoms with Crippen LogP contribution < -0.4 is 0 Å². The van der Waals surface area contributed by atoms with Crippen LogP contribution in [0.25, 0.3) is 11.4 Å². The molecule has 1 aromatic carbocycles. The van der Waals surface area contributed by atoms with Crippen molar-refractivity contribution in [3.8, 4) is 11.4 Å². The number of hydrogen-bond acceptors (Lipinski definition) is 5. The first kappa shape index (κ1) is 14.1. The predicted octanol–water partition coefficient (Wildman–Crippen LogP) is 4.64. The van der Waals surface area contributed by atoms with Gasteiger partial charge in [0, 0.05) is 27.9 Å².